The first-order valence-corrected chi connectivity index (χ1v) is 8.49. The van der Waals surface area contributed by atoms with E-state index in [2.05, 4.69) is 5.32 Å². The molecule has 0 saturated carbocycles. The van der Waals surface area contributed by atoms with Gasteiger partial charge >= 0.3 is 5.97 Å². The summed E-state index contributed by atoms with van der Waals surface area (Å²) in [5.41, 5.74) is 0.560. The normalized spacial score (nSPS) is 16.9. The summed E-state index contributed by atoms with van der Waals surface area (Å²) in [4.78, 5) is 37.2. The van der Waals surface area contributed by atoms with Gasteiger partial charge in [-0.05, 0) is 30.9 Å². The highest BCUT2D eigenvalue weighted by molar-refractivity contribution is 5.95. The maximum Gasteiger partial charge on any atom is 0.338 e. The predicted octanol–water partition coefficient (Wildman–Crippen LogP) is 2.26. The van der Waals surface area contributed by atoms with Crippen molar-refractivity contribution in [2.45, 2.75) is 12.8 Å². The van der Waals surface area contributed by atoms with Crippen LogP contribution >= 0.6 is 0 Å². The monoisotopic (exact) mass is 356 g/mol. The van der Waals surface area contributed by atoms with Gasteiger partial charge in [-0.2, -0.15) is 0 Å². The van der Waals surface area contributed by atoms with Crippen LogP contribution in [-0.2, 0) is 0 Å². The molecule has 1 aromatic carbocycles. The van der Waals surface area contributed by atoms with Crippen molar-refractivity contribution in [3.8, 4) is 0 Å². The van der Waals surface area contributed by atoms with Crippen molar-refractivity contribution in [1.82, 2.24) is 10.2 Å². The van der Waals surface area contributed by atoms with Crippen molar-refractivity contribution in [3.63, 3.8) is 0 Å². The van der Waals surface area contributed by atoms with Gasteiger partial charge in [-0.3, -0.25) is 9.59 Å². The molecule has 2 heterocycles. The van der Waals surface area contributed by atoms with Gasteiger partial charge in [0.15, 0.2) is 5.76 Å². The third kappa shape index (κ3) is 4.11. The molecule has 1 aliphatic heterocycles. The fraction of sp³-hybridized carbons (Fsp3) is 0.316. The Balaban J connectivity index is 1.56. The summed E-state index contributed by atoms with van der Waals surface area (Å²) < 4.78 is 5.09. The zero-order valence-electron chi connectivity index (χ0n) is 14.2. The quantitative estimate of drug-likeness (QED) is 0.856. The van der Waals surface area contributed by atoms with Gasteiger partial charge < -0.3 is 19.7 Å². The van der Waals surface area contributed by atoms with Gasteiger partial charge in [0.2, 0.25) is 0 Å². The van der Waals surface area contributed by atoms with Gasteiger partial charge in [-0.25, -0.2) is 4.79 Å². The summed E-state index contributed by atoms with van der Waals surface area (Å²) in [6.45, 7) is 1.57. The molecule has 0 bridgehead atoms. The summed E-state index contributed by atoms with van der Waals surface area (Å²) in [6.07, 6.45) is 2.80. The van der Waals surface area contributed by atoms with E-state index in [-0.39, 0.29) is 29.1 Å². The Kier molecular flexibility index (Phi) is 5.36. The second-order valence-electron chi connectivity index (χ2n) is 6.34. The lowest BCUT2D eigenvalue weighted by Crippen LogP contribution is -2.43. The number of piperidine rings is 1. The van der Waals surface area contributed by atoms with Crippen molar-refractivity contribution in [1.29, 1.82) is 0 Å². The molecule has 136 valence electrons. The SMILES string of the molecule is O=C(O)c1coc(C(=O)N2CCCC(CNC(=O)c3ccccc3)C2)c1. The Hall–Kier alpha value is -3.09. The Morgan fingerprint density at radius 3 is 2.65 bits per heavy atom. The van der Waals surface area contributed by atoms with E-state index in [0.29, 0.717) is 25.2 Å². The minimum atomic E-state index is -1.13. The van der Waals surface area contributed by atoms with Gasteiger partial charge in [-0.1, -0.05) is 18.2 Å². The molecular weight excluding hydrogens is 336 g/mol. The highest BCUT2D eigenvalue weighted by atomic mass is 16.4. The zero-order valence-corrected chi connectivity index (χ0v) is 14.2. The number of benzene rings is 1. The largest absolute Gasteiger partial charge is 0.478 e. The highest BCUT2D eigenvalue weighted by Gasteiger charge is 2.27. The molecule has 1 fully saturated rings. The molecule has 3 rings (SSSR count). The molecule has 0 spiro atoms. The minimum Gasteiger partial charge on any atom is -0.478 e. The molecule has 0 radical (unpaired) electrons. The third-order valence-electron chi connectivity index (χ3n) is 4.45. The van der Waals surface area contributed by atoms with E-state index in [1.807, 2.05) is 18.2 Å². The summed E-state index contributed by atoms with van der Waals surface area (Å²) >= 11 is 0. The van der Waals surface area contributed by atoms with Gasteiger partial charge in [0.25, 0.3) is 11.8 Å². The number of rotatable bonds is 5. The standard InChI is InChI=1S/C19H20N2O5/c22-17(14-6-2-1-3-7-14)20-10-13-5-4-8-21(11-13)18(23)16-9-15(12-26-16)19(24)25/h1-3,6-7,9,12-13H,4-5,8,10-11H2,(H,20,22)(H,24,25). The number of amides is 2. The molecule has 1 aliphatic rings. The first kappa shape index (κ1) is 17.7. The van der Waals surface area contributed by atoms with E-state index in [0.717, 1.165) is 19.1 Å². The average Bonchev–Trinajstić information content (AvgIpc) is 3.17. The van der Waals surface area contributed by atoms with Crippen molar-refractivity contribution >= 4 is 17.8 Å². The number of aromatic carboxylic acids is 1. The number of hydrogen-bond acceptors (Lipinski definition) is 4. The summed E-state index contributed by atoms with van der Waals surface area (Å²) in [6, 6.07) is 10.2. The summed E-state index contributed by atoms with van der Waals surface area (Å²) in [7, 11) is 0. The molecule has 7 nitrogen and oxygen atoms in total. The number of carbonyl (C=O) groups is 3. The lowest BCUT2D eigenvalue weighted by molar-refractivity contribution is 0.0638. The number of furan rings is 1. The van der Waals surface area contributed by atoms with Gasteiger partial charge in [-0.15, -0.1) is 0 Å². The maximum atomic E-state index is 12.5. The fourth-order valence-electron chi connectivity index (χ4n) is 3.06. The lowest BCUT2D eigenvalue weighted by atomic mass is 9.97. The Bertz CT molecular complexity index is 799. The molecule has 2 N–H and O–H groups in total. The number of nitrogens with zero attached hydrogens (tertiary/aromatic N) is 1. The number of carbonyl (C=O) groups excluding carboxylic acids is 2. The summed E-state index contributed by atoms with van der Waals surface area (Å²) in [5.74, 6) is -1.42. The van der Waals surface area contributed by atoms with Crippen molar-refractivity contribution in [2.24, 2.45) is 5.92 Å². The Morgan fingerprint density at radius 1 is 1.19 bits per heavy atom. The molecule has 1 aromatic heterocycles. The van der Waals surface area contributed by atoms with Crippen molar-refractivity contribution < 1.29 is 23.9 Å². The smallest absolute Gasteiger partial charge is 0.338 e. The minimum absolute atomic E-state index is 0.0244. The lowest BCUT2D eigenvalue weighted by Gasteiger charge is -2.32. The van der Waals surface area contributed by atoms with Gasteiger partial charge in [0.05, 0.1) is 5.56 Å². The van der Waals surface area contributed by atoms with E-state index in [9.17, 15) is 14.4 Å². The second-order valence-corrected chi connectivity index (χ2v) is 6.34. The number of likely N-dealkylation sites (tertiary alicyclic amines) is 1. The molecule has 1 unspecified atom stereocenters. The molecule has 0 aliphatic carbocycles. The van der Waals surface area contributed by atoms with Crippen LogP contribution < -0.4 is 5.32 Å². The number of hydrogen-bond donors (Lipinski definition) is 2. The Labute approximate surface area is 150 Å². The van der Waals surface area contributed by atoms with Crippen LogP contribution in [0.5, 0.6) is 0 Å². The predicted molar refractivity (Wildman–Crippen MR) is 93.1 cm³/mol. The van der Waals surface area contributed by atoms with Crippen LogP contribution in [0.2, 0.25) is 0 Å². The van der Waals surface area contributed by atoms with Crippen LogP contribution in [-0.4, -0.2) is 47.4 Å². The number of nitrogens with one attached hydrogen (secondary N) is 1. The summed E-state index contributed by atoms with van der Waals surface area (Å²) in [5, 5.41) is 11.8. The van der Waals surface area contributed by atoms with Crippen molar-refractivity contribution in [3.05, 3.63) is 59.5 Å². The number of carboxylic acid groups (broad SMARTS) is 1. The molecule has 2 amide bonds. The van der Waals surface area contributed by atoms with Crippen LogP contribution in [0.15, 0.2) is 47.1 Å². The molecule has 26 heavy (non-hydrogen) atoms. The molecule has 2 aromatic rings. The maximum absolute atomic E-state index is 12.5. The average molecular weight is 356 g/mol. The fourth-order valence-corrected chi connectivity index (χ4v) is 3.06. The molecular formula is C19H20N2O5. The van der Waals surface area contributed by atoms with E-state index >= 15 is 0 Å². The van der Waals surface area contributed by atoms with E-state index < -0.39 is 5.97 Å². The Morgan fingerprint density at radius 2 is 1.96 bits per heavy atom. The number of carboxylic acids is 1. The van der Waals surface area contributed by atoms with Gasteiger partial charge in [0.1, 0.15) is 6.26 Å². The topological polar surface area (TPSA) is 99.8 Å². The van der Waals surface area contributed by atoms with E-state index in [4.69, 9.17) is 9.52 Å². The van der Waals surface area contributed by atoms with Gasteiger partial charge in [0, 0.05) is 31.3 Å². The molecule has 1 atom stereocenters. The molecule has 7 heteroatoms. The van der Waals surface area contributed by atoms with E-state index in [1.165, 1.54) is 6.07 Å². The highest BCUT2D eigenvalue weighted by Crippen LogP contribution is 2.19. The first-order valence-electron chi connectivity index (χ1n) is 8.49. The van der Waals surface area contributed by atoms with Crippen LogP contribution in [0.4, 0.5) is 0 Å². The zero-order chi connectivity index (χ0) is 18.5. The second kappa shape index (κ2) is 7.86. The van der Waals surface area contributed by atoms with Crippen LogP contribution in [0.1, 0.15) is 44.1 Å². The van der Waals surface area contributed by atoms with E-state index in [1.54, 1.807) is 17.0 Å². The van der Waals surface area contributed by atoms with Crippen LogP contribution in [0.25, 0.3) is 0 Å². The molecule has 1 saturated heterocycles. The first-order chi connectivity index (χ1) is 12.5. The van der Waals surface area contributed by atoms with Crippen molar-refractivity contribution in [2.75, 3.05) is 19.6 Å². The van der Waals surface area contributed by atoms with Crippen LogP contribution in [0.3, 0.4) is 0 Å². The van der Waals surface area contributed by atoms with Crippen LogP contribution in [0, 0.1) is 5.92 Å². The third-order valence-corrected chi connectivity index (χ3v) is 4.45.